The third kappa shape index (κ3) is 5.01. The van der Waals surface area contributed by atoms with Gasteiger partial charge in [-0.3, -0.25) is 9.69 Å². The first-order valence-corrected chi connectivity index (χ1v) is 10.6. The molecule has 4 rings (SSSR count). The Morgan fingerprint density at radius 3 is 1.74 bits per heavy atom. The second-order valence-corrected chi connectivity index (χ2v) is 7.81. The van der Waals surface area contributed by atoms with Gasteiger partial charge < -0.3 is 10.2 Å². The van der Waals surface area contributed by atoms with Gasteiger partial charge in [0.15, 0.2) is 5.78 Å². The predicted octanol–water partition coefficient (Wildman–Crippen LogP) is 4.83. The molecule has 1 fully saturated rings. The van der Waals surface area contributed by atoms with Gasteiger partial charge in [0.05, 0.1) is 6.04 Å². The Morgan fingerprint density at radius 2 is 1.26 bits per heavy atom. The highest BCUT2D eigenvalue weighted by Gasteiger charge is 2.28. The molecule has 0 radical (unpaired) electrons. The lowest BCUT2D eigenvalue weighted by atomic mass is 9.96. The molecule has 3 aromatic rings. The molecule has 0 spiro atoms. The minimum Gasteiger partial charge on any atom is -0.322 e. The molecule has 1 N–H and O–H groups in total. The van der Waals surface area contributed by atoms with Crippen LogP contribution in [0.3, 0.4) is 0 Å². The normalized spacial score (nSPS) is 14.5. The van der Waals surface area contributed by atoms with E-state index in [0.717, 1.165) is 13.1 Å². The van der Waals surface area contributed by atoms with E-state index >= 15 is 0 Å². The summed E-state index contributed by atoms with van der Waals surface area (Å²) in [5.41, 5.74) is 3.86. The summed E-state index contributed by atoms with van der Waals surface area (Å²) < 4.78 is 0. The smallest absolute Gasteiger partial charge is 0.321 e. The van der Waals surface area contributed by atoms with Gasteiger partial charge in [0, 0.05) is 37.4 Å². The van der Waals surface area contributed by atoms with Gasteiger partial charge >= 0.3 is 6.03 Å². The molecule has 2 amide bonds. The highest BCUT2D eigenvalue weighted by molar-refractivity contribution is 5.95. The van der Waals surface area contributed by atoms with E-state index in [9.17, 15) is 9.59 Å². The van der Waals surface area contributed by atoms with Gasteiger partial charge in [-0.2, -0.15) is 0 Å². The Balaban J connectivity index is 1.41. The Hall–Kier alpha value is -3.44. The number of ketones is 1. The second-order valence-electron chi connectivity index (χ2n) is 7.81. The van der Waals surface area contributed by atoms with Crippen LogP contribution in [0.15, 0.2) is 84.9 Å². The molecular formula is C26H27N3O2. The summed E-state index contributed by atoms with van der Waals surface area (Å²) in [5, 5.41) is 2.94. The number of nitrogens with zero attached hydrogens (tertiary/aromatic N) is 2. The van der Waals surface area contributed by atoms with Gasteiger partial charge in [-0.15, -0.1) is 0 Å². The zero-order valence-electron chi connectivity index (χ0n) is 17.7. The molecule has 0 saturated carbocycles. The van der Waals surface area contributed by atoms with Crippen molar-refractivity contribution in [3.63, 3.8) is 0 Å². The van der Waals surface area contributed by atoms with E-state index in [1.807, 2.05) is 17.0 Å². The van der Waals surface area contributed by atoms with Crippen LogP contribution < -0.4 is 5.32 Å². The van der Waals surface area contributed by atoms with Crippen molar-refractivity contribution < 1.29 is 9.59 Å². The first kappa shape index (κ1) is 20.8. The largest absolute Gasteiger partial charge is 0.322 e. The van der Waals surface area contributed by atoms with E-state index < -0.39 is 0 Å². The van der Waals surface area contributed by atoms with E-state index in [-0.39, 0.29) is 17.9 Å². The number of Topliss-reactive ketones (excluding diaryl/α,β-unsaturated/α-hetero) is 1. The maximum absolute atomic E-state index is 12.7. The number of carbonyl (C=O) groups is 2. The van der Waals surface area contributed by atoms with E-state index in [4.69, 9.17) is 0 Å². The number of benzene rings is 3. The Labute approximate surface area is 183 Å². The number of carbonyl (C=O) groups excluding carboxylic acids is 2. The Bertz CT molecular complexity index is 972. The van der Waals surface area contributed by atoms with Crippen LogP contribution in [0.5, 0.6) is 0 Å². The fraction of sp³-hybridized carbons (Fsp3) is 0.231. The minimum atomic E-state index is -0.105. The summed E-state index contributed by atoms with van der Waals surface area (Å²) >= 11 is 0. The number of hydrogen-bond donors (Lipinski definition) is 1. The van der Waals surface area contributed by atoms with Gasteiger partial charge in [0.2, 0.25) is 0 Å². The quantitative estimate of drug-likeness (QED) is 0.610. The standard InChI is InChI=1S/C26H27N3O2/c1-20(30)21-12-14-24(15-13-21)27-26(31)29-18-16-28(17-19-29)25(22-8-4-2-5-9-22)23-10-6-3-7-11-23/h2-15,25H,16-19H2,1H3,(H,27,31). The predicted molar refractivity (Wildman–Crippen MR) is 123 cm³/mol. The summed E-state index contributed by atoms with van der Waals surface area (Å²) in [6.07, 6.45) is 0. The lowest BCUT2D eigenvalue weighted by Gasteiger charge is -2.39. The van der Waals surface area contributed by atoms with Crippen LogP contribution in [0, 0.1) is 0 Å². The van der Waals surface area contributed by atoms with E-state index in [2.05, 4.69) is 58.7 Å². The van der Waals surface area contributed by atoms with Crippen molar-refractivity contribution in [1.29, 1.82) is 0 Å². The molecular weight excluding hydrogens is 386 g/mol. The average molecular weight is 414 g/mol. The minimum absolute atomic E-state index is 0.0142. The molecule has 1 heterocycles. The summed E-state index contributed by atoms with van der Waals surface area (Å²) in [5.74, 6) is 0.0142. The number of piperazine rings is 1. The molecule has 31 heavy (non-hydrogen) atoms. The summed E-state index contributed by atoms with van der Waals surface area (Å²) in [7, 11) is 0. The van der Waals surface area contributed by atoms with Crippen LogP contribution >= 0.6 is 0 Å². The van der Waals surface area contributed by atoms with Crippen molar-refractivity contribution in [2.75, 3.05) is 31.5 Å². The number of rotatable bonds is 5. The van der Waals surface area contributed by atoms with Crippen LogP contribution in [0.2, 0.25) is 0 Å². The molecule has 1 aliphatic heterocycles. The van der Waals surface area contributed by atoms with Crippen molar-refractivity contribution in [3.05, 3.63) is 102 Å². The Kier molecular flexibility index (Phi) is 6.43. The first-order valence-electron chi connectivity index (χ1n) is 10.6. The molecule has 0 bridgehead atoms. The molecule has 0 aromatic heterocycles. The fourth-order valence-corrected chi connectivity index (χ4v) is 4.06. The number of anilines is 1. The second kappa shape index (κ2) is 9.58. The molecule has 3 aromatic carbocycles. The molecule has 5 heteroatoms. The van der Waals surface area contributed by atoms with Crippen LogP contribution in [-0.4, -0.2) is 47.8 Å². The summed E-state index contributed by atoms with van der Waals surface area (Å²) in [4.78, 5) is 28.4. The lowest BCUT2D eigenvalue weighted by molar-refractivity contribution is 0.101. The molecule has 158 valence electrons. The van der Waals surface area contributed by atoms with E-state index in [0.29, 0.717) is 24.3 Å². The maximum atomic E-state index is 12.7. The van der Waals surface area contributed by atoms with Crippen LogP contribution in [0.4, 0.5) is 10.5 Å². The zero-order chi connectivity index (χ0) is 21.6. The fourth-order valence-electron chi connectivity index (χ4n) is 4.06. The monoisotopic (exact) mass is 413 g/mol. The highest BCUT2D eigenvalue weighted by Crippen LogP contribution is 2.29. The lowest BCUT2D eigenvalue weighted by Crippen LogP contribution is -2.51. The third-order valence-electron chi connectivity index (χ3n) is 5.74. The molecule has 0 unspecified atom stereocenters. The number of nitrogens with one attached hydrogen (secondary N) is 1. The van der Waals surface area contributed by atoms with Crippen molar-refractivity contribution in [2.45, 2.75) is 13.0 Å². The summed E-state index contributed by atoms with van der Waals surface area (Å²) in [6, 6.07) is 28.1. The van der Waals surface area contributed by atoms with E-state index in [1.54, 1.807) is 24.3 Å². The molecule has 5 nitrogen and oxygen atoms in total. The highest BCUT2D eigenvalue weighted by atomic mass is 16.2. The Morgan fingerprint density at radius 1 is 0.742 bits per heavy atom. The van der Waals surface area contributed by atoms with Crippen LogP contribution in [-0.2, 0) is 0 Å². The zero-order valence-corrected chi connectivity index (χ0v) is 17.7. The molecule has 0 atom stereocenters. The molecule has 1 aliphatic rings. The molecule has 1 saturated heterocycles. The van der Waals surface area contributed by atoms with Crippen molar-refractivity contribution >= 4 is 17.5 Å². The van der Waals surface area contributed by atoms with Crippen LogP contribution in [0.25, 0.3) is 0 Å². The van der Waals surface area contributed by atoms with Gasteiger partial charge in [-0.05, 0) is 42.3 Å². The van der Waals surface area contributed by atoms with Gasteiger partial charge in [-0.1, -0.05) is 60.7 Å². The van der Waals surface area contributed by atoms with Crippen molar-refractivity contribution in [2.24, 2.45) is 0 Å². The molecule has 0 aliphatic carbocycles. The van der Waals surface area contributed by atoms with Crippen LogP contribution in [0.1, 0.15) is 34.5 Å². The average Bonchev–Trinajstić information content (AvgIpc) is 2.81. The van der Waals surface area contributed by atoms with Crippen molar-refractivity contribution in [1.82, 2.24) is 9.80 Å². The van der Waals surface area contributed by atoms with E-state index in [1.165, 1.54) is 18.1 Å². The third-order valence-corrected chi connectivity index (χ3v) is 5.74. The van der Waals surface area contributed by atoms with Crippen molar-refractivity contribution in [3.8, 4) is 0 Å². The topological polar surface area (TPSA) is 52.7 Å². The first-order chi connectivity index (χ1) is 15.1. The van der Waals surface area contributed by atoms with Gasteiger partial charge in [-0.25, -0.2) is 4.79 Å². The number of hydrogen-bond acceptors (Lipinski definition) is 3. The number of amides is 2. The summed E-state index contributed by atoms with van der Waals surface area (Å²) in [6.45, 7) is 4.45. The maximum Gasteiger partial charge on any atom is 0.321 e. The SMILES string of the molecule is CC(=O)c1ccc(NC(=O)N2CCN(C(c3ccccc3)c3ccccc3)CC2)cc1. The number of urea groups is 1. The van der Waals surface area contributed by atoms with Gasteiger partial charge in [0.1, 0.15) is 0 Å². The van der Waals surface area contributed by atoms with Gasteiger partial charge in [0.25, 0.3) is 0 Å².